The zero-order chi connectivity index (χ0) is 12.7. The molecule has 0 fully saturated rings. The third-order valence-electron chi connectivity index (χ3n) is 2.21. The molecule has 1 unspecified atom stereocenters. The molecule has 1 aromatic rings. The number of ether oxygens (including phenoxy) is 2. The van der Waals surface area contributed by atoms with Gasteiger partial charge >= 0.3 is 0 Å². The van der Waals surface area contributed by atoms with E-state index < -0.39 is 0 Å². The van der Waals surface area contributed by atoms with Gasteiger partial charge in [-0.2, -0.15) is 0 Å². The summed E-state index contributed by atoms with van der Waals surface area (Å²) in [5.41, 5.74) is 6.81. The molecule has 0 aliphatic heterocycles. The second-order valence-corrected chi connectivity index (χ2v) is 4.53. The van der Waals surface area contributed by atoms with Gasteiger partial charge in [0, 0.05) is 24.9 Å². The predicted octanol–water partition coefficient (Wildman–Crippen LogP) is 2.15. The minimum atomic E-state index is -0.00228. The maximum absolute atomic E-state index is 5.78. The summed E-state index contributed by atoms with van der Waals surface area (Å²) < 4.78 is 10.9. The van der Waals surface area contributed by atoms with E-state index in [1.807, 2.05) is 19.1 Å². The first-order valence-electron chi connectivity index (χ1n) is 6.01. The third-order valence-corrected chi connectivity index (χ3v) is 2.21. The molecule has 17 heavy (non-hydrogen) atoms. The van der Waals surface area contributed by atoms with Crippen LogP contribution in [0.2, 0.25) is 0 Å². The standard InChI is InChI=1S/C13H22N2O2/c1-10(2)9-16-6-7-17-13-8-12(11(3)14)4-5-15-13/h4-5,8,10-11H,6-7,9,14H2,1-3H3. The van der Waals surface area contributed by atoms with E-state index in [1.165, 1.54) is 0 Å². The lowest BCUT2D eigenvalue weighted by Crippen LogP contribution is -2.11. The van der Waals surface area contributed by atoms with Gasteiger partial charge < -0.3 is 15.2 Å². The molecular formula is C13H22N2O2. The Balaban J connectivity index is 2.29. The minimum Gasteiger partial charge on any atom is -0.475 e. The Morgan fingerprint density at radius 2 is 2.06 bits per heavy atom. The zero-order valence-electron chi connectivity index (χ0n) is 10.8. The fourth-order valence-corrected chi connectivity index (χ4v) is 1.31. The number of rotatable bonds is 7. The van der Waals surface area contributed by atoms with Gasteiger partial charge in [0.2, 0.25) is 5.88 Å². The lowest BCUT2D eigenvalue weighted by molar-refractivity contribution is 0.0806. The van der Waals surface area contributed by atoms with Gasteiger partial charge in [0.25, 0.3) is 0 Å². The van der Waals surface area contributed by atoms with Crippen LogP contribution in [-0.4, -0.2) is 24.8 Å². The van der Waals surface area contributed by atoms with Gasteiger partial charge in [0.15, 0.2) is 0 Å². The molecule has 0 amide bonds. The van der Waals surface area contributed by atoms with Crippen LogP contribution in [0.5, 0.6) is 5.88 Å². The summed E-state index contributed by atoms with van der Waals surface area (Å²) in [6, 6.07) is 3.76. The fourth-order valence-electron chi connectivity index (χ4n) is 1.31. The van der Waals surface area contributed by atoms with Crippen molar-refractivity contribution in [2.45, 2.75) is 26.8 Å². The average molecular weight is 238 g/mol. The van der Waals surface area contributed by atoms with Crippen LogP contribution in [0.1, 0.15) is 32.4 Å². The number of hydrogen-bond acceptors (Lipinski definition) is 4. The highest BCUT2D eigenvalue weighted by atomic mass is 16.5. The van der Waals surface area contributed by atoms with E-state index in [2.05, 4.69) is 18.8 Å². The molecule has 1 aromatic heterocycles. The van der Waals surface area contributed by atoms with Crippen LogP contribution in [0.15, 0.2) is 18.3 Å². The van der Waals surface area contributed by atoms with Crippen LogP contribution < -0.4 is 10.5 Å². The van der Waals surface area contributed by atoms with E-state index in [9.17, 15) is 0 Å². The van der Waals surface area contributed by atoms with Crippen molar-refractivity contribution in [2.24, 2.45) is 11.7 Å². The number of nitrogens with zero attached hydrogens (tertiary/aromatic N) is 1. The molecule has 1 rings (SSSR count). The van der Waals surface area contributed by atoms with Gasteiger partial charge in [-0.1, -0.05) is 13.8 Å². The molecule has 0 bridgehead atoms. The van der Waals surface area contributed by atoms with Crippen molar-refractivity contribution in [2.75, 3.05) is 19.8 Å². The lowest BCUT2D eigenvalue weighted by Gasteiger charge is -2.10. The number of hydrogen-bond donors (Lipinski definition) is 1. The molecule has 0 spiro atoms. The van der Waals surface area contributed by atoms with Gasteiger partial charge in [-0.3, -0.25) is 0 Å². The van der Waals surface area contributed by atoms with Crippen molar-refractivity contribution < 1.29 is 9.47 Å². The largest absolute Gasteiger partial charge is 0.475 e. The first-order valence-corrected chi connectivity index (χ1v) is 6.01. The second kappa shape index (κ2) is 7.25. The minimum absolute atomic E-state index is 0.00228. The van der Waals surface area contributed by atoms with Gasteiger partial charge in [-0.25, -0.2) is 4.98 Å². The molecule has 0 aliphatic carbocycles. The highest BCUT2D eigenvalue weighted by molar-refractivity contribution is 5.22. The predicted molar refractivity (Wildman–Crippen MR) is 68.0 cm³/mol. The maximum atomic E-state index is 5.78. The number of nitrogens with two attached hydrogens (primary N) is 1. The summed E-state index contributed by atoms with van der Waals surface area (Å²) in [4.78, 5) is 4.12. The Labute approximate surface area is 103 Å². The quantitative estimate of drug-likeness (QED) is 0.739. The summed E-state index contributed by atoms with van der Waals surface area (Å²) in [5, 5.41) is 0. The Morgan fingerprint density at radius 1 is 1.29 bits per heavy atom. The van der Waals surface area contributed by atoms with E-state index in [0.717, 1.165) is 12.2 Å². The third kappa shape index (κ3) is 5.65. The summed E-state index contributed by atoms with van der Waals surface area (Å²) in [7, 11) is 0. The smallest absolute Gasteiger partial charge is 0.213 e. The lowest BCUT2D eigenvalue weighted by atomic mass is 10.1. The van der Waals surface area contributed by atoms with Crippen molar-refractivity contribution in [3.8, 4) is 5.88 Å². The second-order valence-electron chi connectivity index (χ2n) is 4.53. The SMILES string of the molecule is CC(C)COCCOc1cc(C(C)N)ccn1. The zero-order valence-corrected chi connectivity index (χ0v) is 10.8. The van der Waals surface area contributed by atoms with Crippen LogP contribution >= 0.6 is 0 Å². The maximum Gasteiger partial charge on any atom is 0.213 e. The van der Waals surface area contributed by atoms with Gasteiger partial charge in [0.05, 0.1) is 6.61 Å². The molecule has 4 nitrogen and oxygen atoms in total. The van der Waals surface area contributed by atoms with Gasteiger partial charge in [0.1, 0.15) is 6.61 Å². The van der Waals surface area contributed by atoms with Crippen LogP contribution in [-0.2, 0) is 4.74 Å². The molecule has 96 valence electrons. The molecule has 1 heterocycles. The highest BCUT2D eigenvalue weighted by Crippen LogP contribution is 2.14. The van der Waals surface area contributed by atoms with E-state index in [4.69, 9.17) is 15.2 Å². The van der Waals surface area contributed by atoms with Gasteiger partial charge in [-0.05, 0) is 24.5 Å². The molecule has 0 saturated carbocycles. The Bertz CT molecular complexity index is 327. The van der Waals surface area contributed by atoms with E-state index in [1.54, 1.807) is 6.20 Å². The van der Waals surface area contributed by atoms with Crippen molar-refractivity contribution in [3.63, 3.8) is 0 Å². The van der Waals surface area contributed by atoms with E-state index >= 15 is 0 Å². The van der Waals surface area contributed by atoms with Crippen LogP contribution in [0.25, 0.3) is 0 Å². The van der Waals surface area contributed by atoms with E-state index in [-0.39, 0.29) is 6.04 Å². The molecule has 1 atom stereocenters. The fraction of sp³-hybridized carbons (Fsp3) is 0.615. The van der Waals surface area contributed by atoms with Crippen molar-refractivity contribution in [1.29, 1.82) is 0 Å². The van der Waals surface area contributed by atoms with Crippen LogP contribution in [0, 0.1) is 5.92 Å². The molecule has 0 aliphatic rings. The summed E-state index contributed by atoms with van der Waals surface area (Å²) >= 11 is 0. The monoisotopic (exact) mass is 238 g/mol. The van der Waals surface area contributed by atoms with Crippen LogP contribution in [0.4, 0.5) is 0 Å². The van der Waals surface area contributed by atoms with Crippen molar-refractivity contribution in [1.82, 2.24) is 4.98 Å². The number of pyridine rings is 1. The summed E-state index contributed by atoms with van der Waals surface area (Å²) in [5.74, 6) is 1.16. The number of aromatic nitrogens is 1. The Hall–Kier alpha value is -1.13. The molecule has 0 aromatic carbocycles. The van der Waals surface area contributed by atoms with Crippen molar-refractivity contribution >= 4 is 0 Å². The average Bonchev–Trinajstić information content (AvgIpc) is 2.28. The Morgan fingerprint density at radius 3 is 2.71 bits per heavy atom. The summed E-state index contributed by atoms with van der Waals surface area (Å²) in [6.07, 6.45) is 1.71. The van der Waals surface area contributed by atoms with Crippen LogP contribution in [0.3, 0.4) is 0 Å². The highest BCUT2D eigenvalue weighted by Gasteiger charge is 2.02. The molecule has 0 radical (unpaired) electrons. The van der Waals surface area contributed by atoms with Crippen molar-refractivity contribution in [3.05, 3.63) is 23.9 Å². The normalized spacial score (nSPS) is 12.8. The topological polar surface area (TPSA) is 57.4 Å². The molecule has 2 N–H and O–H groups in total. The first kappa shape index (κ1) is 13.9. The van der Waals surface area contributed by atoms with E-state index in [0.29, 0.717) is 25.0 Å². The van der Waals surface area contributed by atoms with Gasteiger partial charge in [-0.15, -0.1) is 0 Å². The first-order chi connectivity index (χ1) is 8.09. The molecule has 4 heteroatoms. The summed E-state index contributed by atoms with van der Waals surface area (Å²) in [6.45, 7) is 8.04. The molecule has 0 saturated heterocycles. The molecular weight excluding hydrogens is 216 g/mol. The Kier molecular flexibility index (Phi) is 5.94.